The van der Waals surface area contributed by atoms with E-state index in [-0.39, 0.29) is 5.82 Å². The lowest BCUT2D eigenvalue weighted by Crippen LogP contribution is -2.07. The Morgan fingerprint density at radius 3 is 2.71 bits per heavy atom. The van der Waals surface area contributed by atoms with Gasteiger partial charge in [-0.1, -0.05) is 6.92 Å². The van der Waals surface area contributed by atoms with Gasteiger partial charge in [-0.2, -0.15) is 0 Å². The molecule has 1 aromatic heterocycles. The quantitative estimate of drug-likeness (QED) is 0.781. The van der Waals surface area contributed by atoms with Crippen molar-refractivity contribution < 1.29 is 4.39 Å². The maximum atomic E-state index is 13.3. The number of anilines is 2. The molecule has 0 saturated carbocycles. The molecule has 0 radical (unpaired) electrons. The van der Waals surface area contributed by atoms with Gasteiger partial charge in [0.25, 0.3) is 0 Å². The molecule has 0 aliphatic heterocycles. The molecule has 4 N–H and O–H groups in total. The van der Waals surface area contributed by atoms with Crippen molar-refractivity contribution in [3.63, 3.8) is 0 Å². The fourth-order valence-electron chi connectivity index (χ4n) is 1.82. The number of hydrogen-bond donors (Lipinski definition) is 2. The van der Waals surface area contributed by atoms with E-state index < -0.39 is 0 Å². The highest BCUT2D eigenvalue weighted by atomic mass is 19.1. The van der Waals surface area contributed by atoms with Gasteiger partial charge in [-0.15, -0.1) is 0 Å². The van der Waals surface area contributed by atoms with E-state index in [9.17, 15) is 4.39 Å². The number of rotatable bonds is 2. The first-order valence-corrected chi connectivity index (χ1v) is 5.43. The van der Waals surface area contributed by atoms with Crippen molar-refractivity contribution in [1.29, 1.82) is 0 Å². The Balaban J connectivity index is 2.71. The predicted molar refractivity (Wildman–Crippen MR) is 66.5 cm³/mol. The largest absolute Gasteiger partial charge is 0.397 e. The van der Waals surface area contributed by atoms with Crippen LogP contribution in [0.4, 0.5) is 15.9 Å². The lowest BCUT2D eigenvalue weighted by Gasteiger charge is -2.11. The zero-order valence-corrected chi connectivity index (χ0v) is 9.87. The molecule has 2 aromatic rings. The minimum Gasteiger partial charge on any atom is -0.397 e. The lowest BCUT2D eigenvalue weighted by molar-refractivity contribution is 0.626. The van der Waals surface area contributed by atoms with Gasteiger partial charge in [0.05, 0.1) is 17.1 Å². The number of nitrogen functional groups attached to an aromatic ring is 2. The van der Waals surface area contributed by atoms with Crippen LogP contribution in [0.25, 0.3) is 5.69 Å². The van der Waals surface area contributed by atoms with Crippen LogP contribution >= 0.6 is 0 Å². The van der Waals surface area contributed by atoms with Gasteiger partial charge in [-0.05, 0) is 19.1 Å². The summed E-state index contributed by atoms with van der Waals surface area (Å²) < 4.78 is 15.0. The maximum absolute atomic E-state index is 13.3. The van der Waals surface area contributed by atoms with E-state index in [2.05, 4.69) is 4.98 Å². The first-order valence-electron chi connectivity index (χ1n) is 5.43. The molecule has 0 aliphatic carbocycles. The summed E-state index contributed by atoms with van der Waals surface area (Å²) in [6.07, 6.45) is 0.702. The third-order valence-electron chi connectivity index (χ3n) is 2.72. The van der Waals surface area contributed by atoms with Gasteiger partial charge in [-0.25, -0.2) is 9.37 Å². The minimum absolute atomic E-state index is 0.345. The Morgan fingerprint density at radius 2 is 2.06 bits per heavy atom. The Kier molecular flexibility index (Phi) is 2.75. The van der Waals surface area contributed by atoms with Crippen LogP contribution in [0, 0.1) is 12.7 Å². The topological polar surface area (TPSA) is 69.9 Å². The van der Waals surface area contributed by atoms with Crippen molar-refractivity contribution in [2.45, 2.75) is 20.3 Å². The fraction of sp³-hybridized carbons (Fsp3) is 0.250. The third-order valence-corrected chi connectivity index (χ3v) is 2.72. The summed E-state index contributed by atoms with van der Waals surface area (Å²) in [6.45, 7) is 3.79. The van der Waals surface area contributed by atoms with E-state index in [1.165, 1.54) is 18.2 Å². The van der Waals surface area contributed by atoms with Gasteiger partial charge in [0, 0.05) is 12.5 Å². The molecule has 0 atom stereocenters. The summed E-state index contributed by atoms with van der Waals surface area (Å²) >= 11 is 0. The highest BCUT2D eigenvalue weighted by Gasteiger charge is 2.14. The van der Waals surface area contributed by atoms with Crippen molar-refractivity contribution in [3.8, 4) is 5.69 Å². The summed E-state index contributed by atoms with van der Waals surface area (Å²) in [5.41, 5.74) is 13.6. The average Bonchev–Trinajstić information content (AvgIpc) is 2.59. The van der Waals surface area contributed by atoms with Crippen molar-refractivity contribution in [1.82, 2.24) is 9.55 Å². The number of nitrogens with zero attached hydrogens (tertiary/aromatic N) is 2. The summed E-state index contributed by atoms with van der Waals surface area (Å²) in [7, 11) is 0. The number of benzene rings is 1. The average molecular weight is 234 g/mol. The van der Waals surface area contributed by atoms with Crippen LogP contribution in [0.3, 0.4) is 0 Å². The number of hydrogen-bond acceptors (Lipinski definition) is 3. The Morgan fingerprint density at radius 1 is 1.35 bits per heavy atom. The molecule has 0 amide bonds. The van der Waals surface area contributed by atoms with Crippen LogP contribution in [-0.4, -0.2) is 9.55 Å². The molecule has 1 aromatic carbocycles. The van der Waals surface area contributed by atoms with E-state index in [1.807, 2.05) is 13.8 Å². The standard InChI is InChI=1S/C12H15FN4/c1-3-11-16-7(2)12(15)17(11)10-6-8(13)4-5-9(10)14/h4-6H,3,14-15H2,1-2H3. The highest BCUT2D eigenvalue weighted by molar-refractivity contribution is 5.62. The van der Waals surface area contributed by atoms with Gasteiger partial charge < -0.3 is 11.5 Å². The van der Waals surface area contributed by atoms with Crippen LogP contribution in [0.1, 0.15) is 18.4 Å². The van der Waals surface area contributed by atoms with E-state index >= 15 is 0 Å². The number of aryl methyl sites for hydroxylation is 2. The molecule has 0 aliphatic rings. The highest BCUT2D eigenvalue weighted by Crippen LogP contribution is 2.25. The molecule has 5 heteroatoms. The van der Waals surface area contributed by atoms with Crippen molar-refractivity contribution in [2.75, 3.05) is 11.5 Å². The van der Waals surface area contributed by atoms with Crippen molar-refractivity contribution in [2.24, 2.45) is 0 Å². The molecule has 17 heavy (non-hydrogen) atoms. The number of aromatic nitrogens is 2. The molecule has 0 spiro atoms. The van der Waals surface area contributed by atoms with Gasteiger partial charge in [-0.3, -0.25) is 4.57 Å². The lowest BCUT2D eigenvalue weighted by atomic mass is 10.2. The molecule has 2 rings (SSSR count). The molecule has 4 nitrogen and oxygen atoms in total. The monoisotopic (exact) mass is 234 g/mol. The second-order valence-electron chi connectivity index (χ2n) is 3.89. The van der Waals surface area contributed by atoms with Crippen molar-refractivity contribution >= 4 is 11.5 Å². The molecule has 0 saturated heterocycles. The third kappa shape index (κ3) is 1.84. The van der Waals surface area contributed by atoms with Gasteiger partial charge in [0.15, 0.2) is 0 Å². The second-order valence-corrected chi connectivity index (χ2v) is 3.89. The van der Waals surface area contributed by atoms with E-state index in [4.69, 9.17) is 11.5 Å². The summed E-state index contributed by atoms with van der Waals surface area (Å²) in [4.78, 5) is 4.34. The zero-order valence-electron chi connectivity index (χ0n) is 9.87. The van der Waals surface area contributed by atoms with Crippen LogP contribution in [-0.2, 0) is 6.42 Å². The first-order chi connectivity index (χ1) is 8.04. The second kappa shape index (κ2) is 4.08. The van der Waals surface area contributed by atoms with Crippen LogP contribution in [0.15, 0.2) is 18.2 Å². The molecular weight excluding hydrogens is 219 g/mol. The van der Waals surface area contributed by atoms with Crippen LogP contribution in [0.2, 0.25) is 0 Å². The molecule has 90 valence electrons. The molecular formula is C12H15FN4. The normalized spacial score (nSPS) is 10.8. The number of halogens is 1. The summed E-state index contributed by atoms with van der Waals surface area (Å²) in [6, 6.07) is 4.22. The van der Waals surface area contributed by atoms with Crippen molar-refractivity contribution in [3.05, 3.63) is 35.5 Å². The van der Waals surface area contributed by atoms with Gasteiger partial charge in [0.2, 0.25) is 0 Å². The molecule has 0 bridgehead atoms. The van der Waals surface area contributed by atoms with Crippen LogP contribution < -0.4 is 11.5 Å². The van der Waals surface area contributed by atoms with E-state index in [0.29, 0.717) is 23.6 Å². The maximum Gasteiger partial charge on any atom is 0.131 e. The molecule has 1 heterocycles. The predicted octanol–water partition coefficient (Wildman–Crippen LogP) is 2.05. The summed E-state index contributed by atoms with van der Waals surface area (Å²) in [5.74, 6) is 0.929. The number of imidazole rings is 1. The Hall–Kier alpha value is -2.04. The minimum atomic E-state index is -0.345. The van der Waals surface area contributed by atoms with Gasteiger partial charge >= 0.3 is 0 Å². The Bertz CT molecular complexity index is 560. The Labute approximate surface area is 99.1 Å². The molecule has 0 fully saturated rings. The van der Waals surface area contributed by atoms with E-state index in [0.717, 1.165) is 11.5 Å². The fourth-order valence-corrected chi connectivity index (χ4v) is 1.82. The first kappa shape index (κ1) is 11.4. The van der Waals surface area contributed by atoms with Gasteiger partial charge in [0.1, 0.15) is 17.5 Å². The van der Waals surface area contributed by atoms with Crippen LogP contribution in [0.5, 0.6) is 0 Å². The van der Waals surface area contributed by atoms with E-state index in [1.54, 1.807) is 4.57 Å². The number of nitrogens with two attached hydrogens (primary N) is 2. The zero-order chi connectivity index (χ0) is 12.6. The smallest absolute Gasteiger partial charge is 0.131 e. The summed E-state index contributed by atoms with van der Waals surface area (Å²) in [5, 5.41) is 0. The SMILES string of the molecule is CCc1nc(C)c(N)n1-c1cc(F)ccc1N. The molecule has 0 unspecified atom stereocenters.